The van der Waals surface area contributed by atoms with Crippen molar-refractivity contribution in [3.05, 3.63) is 35.9 Å². The zero-order valence-corrected chi connectivity index (χ0v) is 11.0. The van der Waals surface area contributed by atoms with Gasteiger partial charge in [0.05, 0.1) is 0 Å². The minimum Gasteiger partial charge on any atom is -0.550 e. The van der Waals surface area contributed by atoms with E-state index < -0.39 is 11.9 Å². The summed E-state index contributed by atoms with van der Waals surface area (Å²) in [5, 5.41) is 17.8. The molecule has 0 saturated heterocycles. The van der Waals surface area contributed by atoms with Gasteiger partial charge in [-0.15, -0.1) is 0 Å². The number of benzene rings is 1. The summed E-state index contributed by atoms with van der Waals surface area (Å²) < 4.78 is 0. The van der Waals surface area contributed by atoms with Gasteiger partial charge in [0, 0.05) is 11.9 Å². The smallest absolute Gasteiger partial charge is 0.550 e. The first-order valence-corrected chi connectivity index (χ1v) is 4.79. The Morgan fingerprint density at radius 3 is 1.47 bits per heavy atom. The van der Waals surface area contributed by atoms with Gasteiger partial charge in [-0.2, -0.15) is 0 Å². The van der Waals surface area contributed by atoms with Crippen LogP contribution < -0.4 is 10.2 Å². The largest absolute Gasteiger partial charge is 2.00 e. The van der Waals surface area contributed by atoms with Crippen LogP contribution in [0.15, 0.2) is 30.3 Å². The third-order valence-electron chi connectivity index (χ3n) is 1.25. The van der Waals surface area contributed by atoms with Gasteiger partial charge in [-0.05, 0) is 25.8 Å². The van der Waals surface area contributed by atoms with Crippen LogP contribution in [0, 0.1) is 0 Å². The summed E-state index contributed by atoms with van der Waals surface area (Å²) >= 11 is 0. The number of carboxylic acids is 2. The van der Waals surface area contributed by atoms with Crippen LogP contribution in [0.4, 0.5) is 0 Å². The van der Waals surface area contributed by atoms with Crippen molar-refractivity contribution in [1.29, 1.82) is 0 Å². The Hall–Kier alpha value is -1.35. The summed E-state index contributed by atoms with van der Waals surface area (Å²) in [7, 11) is 0. The van der Waals surface area contributed by atoms with Crippen molar-refractivity contribution in [3.8, 4) is 0 Å². The van der Waals surface area contributed by atoms with Crippen molar-refractivity contribution in [2.24, 2.45) is 0 Å². The third kappa shape index (κ3) is 31.3. The SMILES string of the molecule is CC(=O)[O-].CC(=O)[O-].CCc1ccccc1.[Ni+2]. The Bertz CT molecular complexity index is 279. The van der Waals surface area contributed by atoms with E-state index in [9.17, 15) is 0 Å². The second kappa shape index (κ2) is 14.7. The van der Waals surface area contributed by atoms with Crippen molar-refractivity contribution < 1.29 is 36.3 Å². The molecule has 0 radical (unpaired) electrons. The predicted molar refractivity (Wildman–Crippen MR) is 57.2 cm³/mol. The van der Waals surface area contributed by atoms with Crippen LogP contribution >= 0.6 is 0 Å². The second-order valence-corrected chi connectivity index (χ2v) is 2.82. The Kier molecular flexibility index (Phi) is 18.1. The zero-order chi connectivity index (χ0) is 13.0. The number of carboxylic acid groups (broad SMARTS) is 2. The minimum absolute atomic E-state index is 0. The Balaban J connectivity index is -0.000000189. The number of hydrogen-bond donors (Lipinski definition) is 0. The van der Waals surface area contributed by atoms with E-state index in [0.717, 1.165) is 20.3 Å². The zero-order valence-electron chi connectivity index (χ0n) is 10.0. The van der Waals surface area contributed by atoms with E-state index in [0.29, 0.717) is 0 Å². The molecule has 4 nitrogen and oxygen atoms in total. The molecule has 0 N–H and O–H groups in total. The molecule has 5 heteroatoms. The van der Waals surface area contributed by atoms with Gasteiger partial charge in [0.15, 0.2) is 0 Å². The fraction of sp³-hybridized carbons (Fsp3) is 0.333. The standard InChI is InChI=1S/C8H10.2C2H4O2.Ni/c1-2-8-6-4-3-5-7-8;2*1-2(3)4;/h3-7H,2H2,1H3;2*1H3,(H,3,4);/q;;;+2/p-2. The molecular formula is C12H16NiO4. The van der Waals surface area contributed by atoms with Crippen LogP contribution in [-0.2, 0) is 32.5 Å². The van der Waals surface area contributed by atoms with Crippen LogP contribution in [0.3, 0.4) is 0 Å². The van der Waals surface area contributed by atoms with Gasteiger partial charge in [0.2, 0.25) is 0 Å². The Morgan fingerprint density at radius 2 is 1.29 bits per heavy atom. The van der Waals surface area contributed by atoms with Crippen LogP contribution in [0.5, 0.6) is 0 Å². The van der Waals surface area contributed by atoms with Gasteiger partial charge >= 0.3 is 16.5 Å². The summed E-state index contributed by atoms with van der Waals surface area (Å²) in [6, 6.07) is 10.5. The first-order valence-electron chi connectivity index (χ1n) is 4.79. The minimum atomic E-state index is -1.08. The number of aliphatic carboxylic acids is 2. The molecule has 98 valence electrons. The average Bonchev–Trinajstić information content (AvgIpc) is 2.17. The van der Waals surface area contributed by atoms with Crippen molar-refractivity contribution in [3.63, 3.8) is 0 Å². The molecule has 1 aromatic carbocycles. The van der Waals surface area contributed by atoms with Crippen molar-refractivity contribution in [2.75, 3.05) is 0 Å². The van der Waals surface area contributed by atoms with Gasteiger partial charge in [0.1, 0.15) is 0 Å². The number of carbonyl (C=O) groups excluding carboxylic acids is 2. The van der Waals surface area contributed by atoms with Crippen LogP contribution in [0.2, 0.25) is 0 Å². The maximum Gasteiger partial charge on any atom is 2.00 e. The van der Waals surface area contributed by atoms with Crippen molar-refractivity contribution >= 4 is 11.9 Å². The van der Waals surface area contributed by atoms with Gasteiger partial charge in [-0.3, -0.25) is 0 Å². The molecule has 0 saturated carbocycles. The summed E-state index contributed by atoms with van der Waals surface area (Å²) in [5.74, 6) is -2.17. The quantitative estimate of drug-likeness (QED) is 0.666. The molecule has 0 amide bonds. The number of carbonyl (C=O) groups is 2. The fourth-order valence-electron chi connectivity index (χ4n) is 0.714. The molecule has 0 aliphatic carbocycles. The van der Waals surface area contributed by atoms with Gasteiger partial charge in [-0.1, -0.05) is 37.3 Å². The molecule has 0 aliphatic heterocycles. The maximum absolute atomic E-state index is 8.89. The second-order valence-electron chi connectivity index (χ2n) is 2.82. The van der Waals surface area contributed by atoms with E-state index in [1.54, 1.807) is 0 Å². The molecular weight excluding hydrogens is 267 g/mol. The molecule has 1 rings (SSSR count). The van der Waals surface area contributed by atoms with Crippen LogP contribution in [0.1, 0.15) is 26.3 Å². The van der Waals surface area contributed by atoms with Crippen molar-refractivity contribution in [1.82, 2.24) is 0 Å². The van der Waals surface area contributed by atoms with Crippen molar-refractivity contribution in [2.45, 2.75) is 27.2 Å². The number of aryl methyl sites for hydroxylation is 1. The monoisotopic (exact) mass is 282 g/mol. The summed E-state index contributed by atoms with van der Waals surface area (Å²) in [5.41, 5.74) is 1.41. The summed E-state index contributed by atoms with van der Waals surface area (Å²) in [6.45, 7) is 4.11. The van der Waals surface area contributed by atoms with Crippen LogP contribution in [0.25, 0.3) is 0 Å². The topological polar surface area (TPSA) is 80.3 Å². The molecule has 0 heterocycles. The van der Waals surface area contributed by atoms with E-state index in [2.05, 4.69) is 31.2 Å². The van der Waals surface area contributed by atoms with Gasteiger partial charge in [-0.25, -0.2) is 0 Å². The predicted octanol–water partition coefficient (Wildman–Crippen LogP) is -0.241. The molecule has 1 aromatic rings. The summed E-state index contributed by atoms with van der Waals surface area (Å²) in [4.78, 5) is 17.8. The number of rotatable bonds is 1. The first-order chi connectivity index (χ1) is 7.40. The van der Waals surface area contributed by atoms with E-state index in [-0.39, 0.29) is 16.5 Å². The number of hydrogen-bond acceptors (Lipinski definition) is 4. The fourth-order valence-corrected chi connectivity index (χ4v) is 0.714. The first kappa shape index (κ1) is 21.0. The molecule has 0 atom stereocenters. The molecule has 0 unspecified atom stereocenters. The van der Waals surface area contributed by atoms with E-state index in [4.69, 9.17) is 19.8 Å². The Labute approximate surface area is 112 Å². The van der Waals surface area contributed by atoms with E-state index in [1.807, 2.05) is 6.07 Å². The van der Waals surface area contributed by atoms with Gasteiger partial charge in [0.25, 0.3) is 0 Å². The molecule has 0 bridgehead atoms. The Morgan fingerprint density at radius 1 is 1.00 bits per heavy atom. The van der Waals surface area contributed by atoms with Crippen LogP contribution in [-0.4, -0.2) is 11.9 Å². The molecule has 0 spiro atoms. The maximum atomic E-state index is 8.89. The summed E-state index contributed by atoms with van der Waals surface area (Å²) in [6.07, 6.45) is 1.14. The molecule has 0 aliphatic rings. The molecule has 0 fully saturated rings. The van der Waals surface area contributed by atoms with Gasteiger partial charge < -0.3 is 19.8 Å². The molecule has 17 heavy (non-hydrogen) atoms. The van der Waals surface area contributed by atoms with E-state index >= 15 is 0 Å². The average molecular weight is 283 g/mol. The third-order valence-corrected chi connectivity index (χ3v) is 1.25. The normalized spacial score (nSPS) is 7.24. The van der Waals surface area contributed by atoms with E-state index in [1.165, 1.54) is 5.56 Å². The molecule has 0 aromatic heterocycles.